The molecule has 0 fully saturated rings. The molecule has 4 aromatic carbocycles. The fourth-order valence-corrected chi connectivity index (χ4v) is 9.02. The van der Waals surface area contributed by atoms with Crippen molar-refractivity contribution >= 4 is 46.4 Å². The Bertz CT molecular complexity index is 3040. The molecule has 0 spiro atoms. The van der Waals surface area contributed by atoms with Crippen LogP contribution in [0.25, 0.3) is 90.9 Å². The van der Waals surface area contributed by atoms with Gasteiger partial charge in [-0.25, -0.2) is 9.97 Å². The molecule has 10 heteroatoms. The van der Waals surface area contributed by atoms with Gasteiger partial charge in [0, 0.05) is 63.7 Å². The quantitative estimate of drug-likeness (QED) is 0.0736. The number of ether oxygens (including phenoxy) is 4. The molecule has 7 aromatic rings. The summed E-state index contributed by atoms with van der Waals surface area (Å²) in [5.74, 6) is 3.19. The summed E-state index contributed by atoms with van der Waals surface area (Å²) in [5.41, 5.74) is 14.9. The van der Waals surface area contributed by atoms with Gasteiger partial charge in [-0.3, -0.25) is 0 Å². The summed E-state index contributed by atoms with van der Waals surface area (Å²) in [5, 5.41) is 0. The van der Waals surface area contributed by atoms with E-state index >= 15 is 0 Å². The number of quaternary nitrogens is 1. The molecule has 0 saturated carbocycles. The van der Waals surface area contributed by atoms with Crippen LogP contribution >= 0.6 is 0 Å². The number of aromatic nitrogens is 4. The zero-order chi connectivity index (χ0) is 46.5. The third kappa shape index (κ3) is 9.92. The van der Waals surface area contributed by atoms with Crippen molar-refractivity contribution in [3.63, 3.8) is 0 Å². The molecule has 5 heterocycles. The number of fused-ring (bicyclic) bond motifs is 8. The molecule has 0 aliphatic carbocycles. The zero-order valence-corrected chi connectivity index (χ0v) is 39.5. The van der Waals surface area contributed by atoms with E-state index in [4.69, 9.17) is 28.9 Å². The molecule has 9 rings (SSSR count). The van der Waals surface area contributed by atoms with Gasteiger partial charge in [0.1, 0.15) is 23.0 Å². The lowest BCUT2D eigenvalue weighted by Crippen LogP contribution is -2.42. The molecule has 0 unspecified atom stereocenters. The first-order valence-electron chi connectivity index (χ1n) is 22.9. The van der Waals surface area contributed by atoms with Crippen LogP contribution in [-0.2, 0) is 0 Å². The van der Waals surface area contributed by atoms with Gasteiger partial charge in [0.25, 0.3) is 0 Å². The lowest BCUT2D eigenvalue weighted by Gasteiger charge is -2.30. The van der Waals surface area contributed by atoms with Gasteiger partial charge >= 0.3 is 0 Å². The Kier molecular flexibility index (Phi) is 13.1. The van der Waals surface area contributed by atoms with Crippen LogP contribution < -0.4 is 18.9 Å². The minimum atomic E-state index is 0.657. The van der Waals surface area contributed by atoms with Crippen molar-refractivity contribution in [3.8, 4) is 67.5 Å². The Hall–Kier alpha value is -7.40. The Morgan fingerprint density at radius 1 is 0.433 bits per heavy atom. The predicted octanol–water partition coefficient (Wildman–Crippen LogP) is 12.1. The van der Waals surface area contributed by atoms with E-state index in [9.17, 15) is 0 Å². The van der Waals surface area contributed by atoms with Gasteiger partial charge in [0.05, 0.1) is 77.9 Å². The third-order valence-corrected chi connectivity index (χ3v) is 12.6. The molecular formula is C57H59N6O4+. The Morgan fingerprint density at radius 3 is 1.06 bits per heavy atom. The van der Waals surface area contributed by atoms with Crippen molar-refractivity contribution < 1.29 is 23.4 Å². The highest BCUT2D eigenvalue weighted by atomic mass is 16.5. The second-order valence-electron chi connectivity index (χ2n) is 18.0. The molecule has 10 nitrogen and oxygen atoms in total. The molecule has 2 aliphatic rings. The third-order valence-electron chi connectivity index (χ3n) is 12.6. The SMILES string of the molecule is COc1ccc(-c2c3nc(c(-c4ccc(OC)cc4)c4ccc([nH]4)c(-c4ccc(OCCC[N+](C)(C)CCCN(C)C)cc4)c4nc(c(-c5ccc(OC)cc5)c5ccc2[nH]5)C=C4)C=C3)cc1. The summed E-state index contributed by atoms with van der Waals surface area (Å²) in [6.07, 6.45) is 10.6. The van der Waals surface area contributed by atoms with Gasteiger partial charge in [0.2, 0.25) is 0 Å². The van der Waals surface area contributed by atoms with Crippen LogP contribution in [0.15, 0.2) is 121 Å². The van der Waals surface area contributed by atoms with Crippen molar-refractivity contribution in [1.82, 2.24) is 24.8 Å². The fourth-order valence-electron chi connectivity index (χ4n) is 9.02. The van der Waals surface area contributed by atoms with Crippen molar-refractivity contribution in [3.05, 3.63) is 144 Å². The molecule has 0 saturated heterocycles. The standard InChI is InChI=1S/C57H59N6O4/c1-62(2)34-8-35-63(3,4)36-9-37-67-45-24-16-41(17-25-45)57-52-32-30-50(60-52)55(39-12-20-43(65-6)21-13-39)48-28-26-46(58-48)54(38-10-18-42(64-5)19-11-38)47-27-29-49(59-47)56(51-31-33-53(57)61-51)40-14-22-44(66-7)23-15-40/h10-33,58,61H,8-9,34-37H2,1-7H3/q+1. The topological polar surface area (TPSA) is 97.5 Å². The van der Waals surface area contributed by atoms with Crippen molar-refractivity contribution in [2.75, 3.05) is 75.8 Å². The molecule has 67 heavy (non-hydrogen) atoms. The van der Waals surface area contributed by atoms with Crippen LogP contribution in [0.4, 0.5) is 0 Å². The Morgan fingerprint density at radius 2 is 0.746 bits per heavy atom. The van der Waals surface area contributed by atoms with Gasteiger partial charge in [-0.05, 0) is 133 Å². The minimum Gasteiger partial charge on any atom is -0.497 e. The summed E-state index contributed by atoms with van der Waals surface area (Å²) >= 11 is 0. The smallest absolute Gasteiger partial charge is 0.119 e. The number of aromatic amines is 2. The molecule has 8 bridgehead atoms. The first-order valence-corrected chi connectivity index (χ1v) is 22.9. The van der Waals surface area contributed by atoms with Crippen LogP contribution in [0.1, 0.15) is 35.6 Å². The van der Waals surface area contributed by atoms with E-state index in [1.807, 2.05) is 36.4 Å². The molecule has 3 aromatic heterocycles. The van der Waals surface area contributed by atoms with E-state index in [1.54, 1.807) is 21.3 Å². The van der Waals surface area contributed by atoms with Crippen LogP contribution in [0, 0.1) is 0 Å². The number of rotatable bonds is 16. The largest absolute Gasteiger partial charge is 0.497 e. The van der Waals surface area contributed by atoms with Crippen molar-refractivity contribution in [2.45, 2.75) is 12.8 Å². The molecule has 340 valence electrons. The summed E-state index contributed by atoms with van der Waals surface area (Å²) in [6, 6.07) is 41.4. The number of nitrogens with one attached hydrogen (secondary N) is 2. The van der Waals surface area contributed by atoms with Gasteiger partial charge in [-0.15, -0.1) is 0 Å². The molecular weight excluding hydrogens is 833 g/mol. The number of H-pyrrole nitrogens is 2. The minimum absolute atomic E-state index is 0.657. The highest BCUT2D eigenvalue weighted by Crippen LogP contribution is 2.39. The van der Waals surface area contributed by atoms with Crippen LogP contribution in [0.5, 0.6) is 23.0 Å². The summed E-state index contributed by atoms with van der Waals surface area (Å²) in [7, 11) is 13.9. The van der Waals surface area contributed by atoms with Crippen LogP contribution in [-0.4, -0.2) is 105 Å². The molecule has 0 radical (unpaired) electrons. The number of benzene rings is 4. The maximum atomic E-state index is 6.34. The van der Waals surface area contributed by atoms with Crippen molar-refractivity contribution in [2.24, 2.45) is 0 Å². The maximum absolute atomic E-state index is 6.34. The second-order valence-corrected chi connectivity index (χ2v) is 18.0. The first-order chi connectivity index (χ1) is 32.6. The summed E-state index contributed by atoms with van der Waals surface area (Å²) < 4.78 is 24.0. The van der Waals surface area contributed by atoms with E-state index in [0.29, 0.717) is 6.61 Å². The average Bonchev–Trinajstić information content (AvgIpc) is 4.20. The second kappa shape index (κ2) is 19.6. The summed E-state index contributed by atoms with van der Waals surface area (Å²) in [4.78, 5) is 20.8. The van der Waals surface area contributed by atoms with Crippen LogP contribution in [0.3, 0.4) is 0 Å². The van der Waals surface area contributed by atoms with Gasteiger partial charge < -0.3 is 38.3 Å². The highest BCUT2D eigenvalue weighted by Gasteiger charge is 2.20. The van der Waals surface area contributed by atoms with E-state index in [2.05, 4.69) is 152 Å². The predicted molar refractivity (Wildman–Crippen MR) is 275 cm³/mol. The Balaban J connectivity index is 1.23. The molecule has 0 atom stereocenters. The van der Waals surface area contributed by atoms with E-state index in [-0.39, 0.29) is 0 Å². The first kappa shape index (κ1) is 44.8. The average molecular weight is 892 g/mol. The number of nitrogens with zero attached hydrogens (tertiary/aromatic N) is 4. The van der Waals surface area contributed by atoms with E-state index in [0.717, 1.165) is 143 Å². The monoisotopic (exact) mass is 891 g/mol. The lowest BCUT2D eigenvalue weighted by molar-refractivity contribution is -0.890. The van der Waals surface area contributed by atoms with Crippen molar-refractivity contribution in [1.29, 1.82) is 0 Å². The van der Waals surface area contributed by atoms with E-state index < -0.39 is 0 Å². The van der Waals surface area contributed by atoms with Gasteiger partial charge in [-0.2, -0.15) is 0 Å². The molecule has 2 aliphatic heterocycles. The fraction of sp³-hybridized carbons (Fsp3) is 0.228. The number of hydrogen-bond acceptors (Lipinski definition) is 7. The van der Waals surface area contributed by atoms with E-state index in [1.165, 1.54) is 6.42 Å². The Labute approximate surface area is 393 Å². The molecule has 0 amide bonds. The van der Waals surface area contributed by atoms with Crippen LogP contribution in [0.2, 0.25) is 0 Å². The number of hydrogen-bond donors (Lipinski definition) is 2. The lowest BCUT2D eigenvalue weighted by atomic mass is 10.0. The highest BCUT2D eigenvalue weighted by molar-refractivity contribution is 6.00. The zero-order valence-electron chi connectivity index (χ0n) is 39.5. The maximum Gasteiger partial charge on any atom is 0.119 e. The van der Waals surface area contributed by atoms with Gasteiger partial charge in [-0.1, -0.05) is 48.5 Å². The van der Waals surface area contributed by atoms with Gasteiger partial charge in [0.15, 0.2) is 0 Å². The summed E-state index contributed by atoms with van der Waals surface area (Å²) in [6.45, 7) is 3.96. The number of methoxy groups -OCH3 is 3. The normalized spacial score (nSPS) is 12.2. The molecule has 2 N–H and O–H groups in total.